The molecule has 0 aromatic heterocycles. The van der Waals surface area contributed by atoms with E-state index in [4.69, 9.17) is 15.7 Å². The molecule has 0 heterocycles. The van der Waals surface area contributed by atoms with Crippen molar-refractivity contribution >= 4 is 5.78 Å². The molecule has 9 heteroatoms. The molecule has 0 aliphatic rings. The molecule has 0 fully saturated rings. The second-order valence-electron chi connectivity index (χ2n) is 3.46. The summed E-state index contributed by atoms with van der Waals surface area (Å²) in [5.41, 5.74) is 8.08. The largest absolute Gasteiger partial charge is 0.394 e. The van der Waals surface area contributed by atoms with E-state index in [9.17, 15) is 20.1 Å². The van der Waals surface area contributed by atoms with Gasteiger partial charge < -0.3 is 25.5 Å². The average molecular weight is 249 g/mol. The van der Waals surface area contributed by atoms with Gasteiger partial charge in [-0.25, -0.2) is 0 Å². The Morgan fingerprint density at radius 1 is 1.29 bits per heavy atom. The van der Waals surface area contributed by atoms with Crippen molar-refractivity contribution in [1.29, 1.82) is 0 Å². The molecule has 0 saturated heterocycles. The average Bonchev–Trinajstić information content (AvgIpc) is 2.34. The van der Waals surface area contributed by atoms with Crippen molar-refractivity contribution < 1.29 is 30.3 Å². The third-order valence-corrected chi connectivity index (χ3v) is 2.18. The standard InChI is InChI=1S/C8H15N3O6/c1-3(10-11-9)5(14)7(16)8(17)6(15)4(13)2-12/h3-4,6-8,12-13,15-17H,2H2,1H3/t3?,4-,6-,7-,8+/m1/s1. The molecule has 98 valence electrons. The van der Waals surface area contributed by atoms with Gasteiger partial charge >= 0.3 is 0 Å². The Morgan fingerprint density at radius 3 is 2.24 bits per heavy atom. The minimum atomic E-state index is -2.02. The summed E-state index contributed by atoms with van der Waals surface area (Å²) in [6.45, 7) is 0.359. The van der Waals surface area contributed by atoms with Crippen LogP contribution in [0.4, 0.5) is 0 Å². The number of azide groups is 1. The molecule has 0 aromatic rings. The van der Waals surface area contributed by atoms with Gasteiger partial charge in [-0.3, -0.25) is 4.79 Å². The predicted molar refractivity (Wildman–Crippen MR) is 54.7 cm³/mol. The number of Topliss-reactive ketones (excluding diaryl/α,β-unsaturated/α-hetero) is 1. The highest BCUT2D eigenvalue weighted by molar-refractivity contribution is 5.88. The van der Waals surface area contributed by atoms with Crippen LogP contribution in [-0.2, 0) is 4.79 Å². The number of hydrogen-bond donors (Lipinski definition) is 5. The minimum Gasteiger partial charge on any atom is -0.394 e. The van der Waals surface area contributed by atoms with Crippen molar-refractivity contribution in [3.8, 4) is 0 Å². The van der Waals surface area contributed by atoms with E-state index in [1.165, 1.54) is 6.92 Å². The number of carbonyl (C=O) groups excluding carboxylic acids is 1. The molecule has 0 aromatic carbocycles. The van der Waals surface area contributed by atoms with Crippen molar-refractivity contribution in [2.45, 2.75) is 37.4 Å². The van der Waals surface area contributed by atoms with Crippen LogP contribution in [0.1, 0.15) is 6.92 Å². The molecule has 0 bridgehead atoms. The van der Waals surface area contributed by atoms with Crippen molar-refractivity contribution in [1.82, 2.24) is 0 Å². The lowest BCUT2D eigenvalue weighted by atomic mass is 9.98. The fraction of sp³-hybridized carbons (Fsp3) is 0.875. The number of aliphatic hydroxyl groups excluding tert-OH is 5. The highest BCUT2D eigenvalue weighted by Gasteiger charge is 2.35. The zero-order valence-corrected chi connectivity index (χ0v) is 9.08. The van der Waals surface area contributed by atoms with Gasteiger partial charge in [0.25, 0.3) is 0 Å². The fourth-order valence-electron chi connectivity index (χ4n) is 1.07. The number of rotatable bonds is 7. The Bertz CT molecular complexity index is 306. The summed E-state index contributed by atoms with van der Waals surface area (Å²) in [4.78, 5) is 13.7. The summed E-state index contributed by atoms with van der Waals surface area (Å²) < 4.78 is 0. The molecule has 0 aliphatic carbocycles. The second kappa shape index (κ2) is 7.17. The van der Waals surface area contributed by atoms with Gasteiger partial charge in [-0.1, -0.05) is 5.11 Å². The molecule has 5 atom stereocenters. The first kappa shape index (κ1) is 15.8. The Hall–Kier alpha value is -1.22. The maximum Gasteiger partial charge on any atom is 0.172 e. The summed E-state index contributed by atoms with van der Waals surface area (Å²) in [6, 6.07) is -1.22. The molecule has 0 aliphatic heterocycles. The highest BCUT2D eigenvalue weighted by atomic mass is 16.4. The van der Waals surface area contributed by atoms with E-state index in [1.807, 2.05) is 0 Å². The summed E-state index contributed by atoms with van der Waals surface area (Å²) in [7, 11) is 0. The Balaban J connectivity index is 4.63. The topological polar surface area (TPSA) is 167 Å². The first-order valence-electron chi connectivity index (χ1n) is 4.77. The molecule has 0 saturated carbocycles. The monoisotopic (exact) mass is 249 g/mol. The summed E-state index contributed by atoms with van der Waals surface area (Å²) >= 11 is 0. The lowest BCUT2D eigenvalue weighted by Gasteiger charge is -2.25. The van der Waals surface area contributed by atoms with Crippen molar-refractivity contribution in [2.75, 3.05) is 6.61 Å². The van der Waals surface area contributed by atoms with Crippen LogP contribution >= 0.6 is 0 Å². The van der Waals surface area contributed by atoms with Gasteiger partial charge in [-0.15, -0.1) is 0 Å². The van der Waals surface area contributed by atoms with E-state index < -0.39 is 42.8 Å². The van der Waals surface area contributed by atoms with Gasteiger partial charge in [0.2, 0.25) is 0 Å². The molecule has 0 spiro atoms. The third-order valence-electron chi connectivity index (χ3n) is 2.18. The maximum absolute atomic E-state index is 11.4. The van der Waals surface area contributed by atoms with Gasteiger partial charge in [0.05, 0.1) is 12.6 Å². The normalized spacial score (nSPS) is 19.6. The summed E-state index contributed by atoms with van der Waals surface area (Å²) in [6.07, 6.45) is -7.59. The van der Waals surface area contributed by atoms with E-state index in [0.29, 0.717) is 0 Å². The fourth-order valence-corrected chi connectivity index (χ4v) is 1.07. The van der Waals surface area contributed by atoms with Crippen molar-refractivity contribution in [3.05, 3.63) is 10.4 Å². The van der Waals surface area contributed by atoms with Gasteiger partial charge in [0.1, 0.15) is 24.4 Å². The van der Waals surface area contributed by atoms with E-state index in [2.05, 4.69) is 10.0 Å². The van der Waals surface area contributed by atoms with Gasteiger partial charge in [0.15, 0.2) is 5.78 Å². The Labute approximate surface area is 96.6 Å². The Kier molecular flexibility index (Phi) is 6.66. The predicted octanol–water partition coefficient (Wildman–Crippen LogP) is -2.31. The SMILES string of the molecule is CC(N=[N+]=[N-])C(=O)[C@@H](O)[C@@H](O)[C@H](O)[C@H](O)CO. The van der Waals surface area contributed by atoms with Crippen LogP contribution in [0.25, 0.3) is 10.4 Å². The molecule has 1 unspecified atom stereocenters. The number of carbonyl (C=O) groups is 1. The van der Waals surface area contributed by atoms with E-state index in [-0.39, 0.29) is 0 Å². The number of hydrogen-bond acceptors (Lipinski definition) is 7. The molecule has 9 nitrogen and oxygen atoms in total. The molecule has 0 amide bonds. The van der Waals surface area contributed by atoms with Crippen LogP contribution in [0.3, 0.4) is 0 Å². The van der Waals surface area contributed by atoms with E-state index in [1.54, 1.807) is 0 Å². The van der Waals surface area contributed by atoms with Crippen molar-refractivity contribution in [3.63, 3.8) is 0 Å². The van der Waals surface area contributed by atoms with Crippen LogP contribution in [0.2, 0.25) is 0 Å². The Morgan fingerprint density at radius 2 is 1.82 bits per heavy atom. The third kappa shape index (κ3) is 4.27. The van der Waals surface area contributed by atoms with Gasteiger partial charge in [-0.05, 0) is 12.5 Å². The minimum absolute atomic E-state index is 0.842. The smallest absolute Gasteiger partial charge is 0.172 e. The molecular formula is C8H15N3O6. The lowest BCUT2D eigenvalue weighted by Crippen LogP contribution is -2.50. The number of ketones is 1. The molecule has 17 heavy (non-hydrogen) atoms. The maximum atomic E-state index is 11.4. The zero-order chi connectivity index (χ0) is 13.6. The van der Waals surface area contributed by atoms with Gasteiger partial charge in [-0.2, -0.15) is 0 Å². The quantitative estimate of drug-likeness (QED) is 0.193. The number of nitrogens with zero attached hydrogens (tertiary/aromatic N) is 3. The van der Waals surface area contributed by atoms with Crippen LogP contribution < -0.4 is 0 Å². The van der Waals surface area contributed by atoms with Crippen LogP contribution in [0.15, 0.2) is 5.11 Å². The molecule has 0 radical (unpaired) electrons. The highest BCUT2D eigenvalue weighted by Crippen LogP contribution is 2.09. The summed E-state index contributed by atoms with van der Waals surface area (Å²) in [5.74, 6) is -1.00. The van der Waals surface area contributed by atoms with Crippen molar-refractivity contribution in [2.24, 2.45) is 5.11 Å². The van der Waals surface area contributed by atoms with Crippen LogP contribution in [-0.4, -0.2) is 68.4 Å². The molecule has 0 rings (SSSR count). The first-order chi connectivity index (χ1) is 7.86. The van der Waals surface area contributed by atoms with Gasteiger partial charge in [0, 0.05) is 4.91 Å². The van der Waals surface area contributed by atoms with Crippen LogP contribution in [0.5, 0.6) is 0 Å². The van der Waals surface area contributed by atoms with E-state index in [0.717, 1.165) is 0 Å². The molecular weight excluding hydrogens is 234 g/mol. The zero-order valence-electron chi connectivity index (χ0n) is 9.08. The summed E-state index contributed by atoms with van der Waals surface area (Å²) in [5, 5.41) is 48.5. The molecule has 5 N–H and O–H groups in total. The first-order valence-corrected chi connectivity index (χ1v) is 4.77. The lowest BCUT2D eigenvalue weighted by molar-refractivity contribution is -0.147. The van der Waals surface area contributed by atoms with Crippen LogP contribution in [0, 0.1) is 0 Å². The second-order valence-corrected chi connectivity index (χ2v) is 3.46. The van der Waals surface area contributed by atoms with E-state index >= 15 is 0 Å². The number of aliphatic hydroxyl groups is 5.